The number of ether oxygens (including phenoxy) is 2. The highest BCUT2D eigenvalue weighted by atomic mass is 19.1. The Kier molecular flexibility index (Phi) is 24.7. The number of Topliss-reactive ketones (excluding diaryl/α,β-unsaturated/α-hetero) is 1. The predicted molar refractivity (Wildman–Crippen MR) is 369 cm³/mol. The van der Waals surface area contributed by atoms with Crippen molar-refractivity contribution in [2.75, 3.05) is 46.4 Å². The predicted octanol–water partition coefficient (Wildman–Crippen LogP) is 2.23. The minimum atomic E-state index is -1.82. The number of hydrogen-bond acceptors (Lipinski definition) is 15. The smallest absolute Gasteiger partial charge is 0.246 e. The van der Waals surface area contributed by atoms with Gasteiger partial charge in [-0.25, -0.2) is 4.39 Å². The van der Waals surface area contributed by atoms with Crippen LogP contribution in [0.1, 0.15) is 118 Å². The van der Waals surface area contributed by atoms with Gasteiger partial charge in [-0.3, -0.25) is 52.7 Å². The van der Waals surface area contributed by atoms with Crippen molar-refractivity contribution < 1.29 is 71.7 Å². The van der Waals surface area contributed by atoms with E-state index in [-0.39, 0.29) is 83.6 Å². The van der Waals surface area contributed by atoms with E-state index in [4.69, 9.17) is 15.2 Å². The highest BCUT2D eigenvalue weighted by molar-refractivity contribution is 6.00. The molecule has 2 saturated heterocycles. The van der Waals surface area contributed by atoms with Crippen LogP contribution in [0, 0.1) is 11.7 Å². The Morgan fingerprint density at radius 3 is 2.17 bits per heavy atom. The van der Waals surface area contributed by atoms with Crippen molar-refractivity contribution in [3.05, 3.63) is 136 Å². The summed E-state index contributed by atoms with van der Waals surface area (Å²) in [6.45, 7) is 4.32. The molecule has 540 valence electrons. The van der Waals surface area contributed by atoms with Gasteiger partial charge in [-0.1, -0.05) is 73.5 Å². The highest BCUT2D eigenvalue weighted by Crippen LogP contribution is 2.34. The van der Waals surface area contributed by atoms with E-state index < -0.39 is 144 Å². The summed E-state index contributed by atoms with van der Waals surface area (Å²) in [5.41, 5.74) is 9.25. The third-order valence-electron chi connectivity index (χ3n) is 20.0. The summed E-state index contributed by atoms with van der Waals surface area (Å²) in [6, 6.07) is 16.5. The van der Waals surface area contributed by atoms with Crippen LogP contribution >= 0.6 is 0 Å². The Morgan fingerprint density at radius 1 is 0.693 bits per heavy atom. The number of halogens is 1. The molecule has 26 nitrogen and oxygen atoms in total. The van der Waals surface area contributed by atoms with Gasteiger partial charge >= 0.3 is 0 Å². The molecule has 0 aliphatic carbocycles. The molecule has 4 aromatic carbocycles. The second-order valence-electron chi connectivity index (χ2n) is 27.4. The van der Waals surface area contributed by atoms with E-state index in [1.54, 1.807) is 72.6 Å². The second kappa shape index (κ2) is 33.7. The molecule has 7 heterocycles. The molecular weight excluding hydrogens is 1300 g/mol. The lowest BCUT2D eigenvalue weighted by Crippen LogP contribution is -2.63. The maximum Gasteiger partial charge on any atom is 0.246 e. The van der Waals surface area contributed by atoms with Gasteiger partial charge in [-0.2, -0.15) is 0 Å². The fourth-order valence-corrected chi connectivity index (χ4v) is 14.3. The van der Waals surface area contributed by atoms with Crippen LogP contribution in [0.3, 0.4) is 0 Å². The molecule has 10 amide bonds. The number of amides is 10. The van der Waals surface area contributed by atoms with Gasteiger partial charge in [-0.15, -0.1) is 0 Å². The van der Waals surface area contributed by atoms with Crippen molar-refractivity contribution in [2.24, 2.45) is 11.7 Å². The molecule has 10 N–H and O–H groups in total. The van der Waals surface area contributed by atoms with Gasteiger partial charge in [0.25, 0.3) is 0 Å². The molecule has 12 bridgehead atoms. The van der Waals surface area contributed by atoms with Crippen molar-refractivity contribution in [3.8, 4) is 5.75 Å². The van der Waals surface area contributed by atoms with E-state index in [0.29, 0.717) is 90.5 Å². The molecule has 6 aliphatic heterocycles. The normalized spacial score (nSPS) is 26.3. The largest absolute Gasteiger partial charge is 0.497 e. The molecule has 1 aromatic heterocycles. The Bertz CT molecular complexity index is 3880. The van der Waals surface area contributed by atoms with Crippen molar-refractivity contribution in [2.45, 2.75) is 184 Å². The summed E-state index contributed by atoms with van der Waals surface area (Å²) in [4.78, 5) is 166. The number of carbonyl (C=O) groups excluding carboxylic acids is 11. The third kappa shape index (κ3) is 18.5. The lowest BCUT2D eigenvalue weighted by Gasteiger charge is -2.37. The first kappa shape index (κ1) is 74.1. The minimum absolute atomic E-state index is 0.0343. The summed E-state index contributed by atoms with van der Waals surface area (Å²) in [5.74, 6) is -9.17. The van der Waals surface area contributed by atoms with Gasteiger partial charge in [0.05, 0.1) is 25.4 Å². The summed E-state index contributed by atoms with van der Waals surface area (Å²) in [7, 11) is 1.50. The summed E-state index contributed by atoms with van der Waals surface area (Å²) in [6.07, 6.45) is 0.960. The number of aromatic nitrogens is 1. The fourth-order valence-electron chi connectivity index (χ4n) is 14.3. The average molecular weight is 1390 g/mol. The number of nitrogens with one attached hydrogen (secondary N) is 7. The van der Waals surface area contributed by atoms with Gasteiger partial charge in [0.2, 0.25) is 59.1 Å². The number of aryl methyl sites for hydroxylation is 1. The number of fused-ring (bicyclic) bond motifs is 16. The Balaban J connectivity index is 1.08. The molecule has 27 heteroatoms. The standard InChI is InChI=1S/C74H93FN12O14/c1-44-67(93)82-58(39-76)68(94)80-56-35-49-11-9-12-50(33-49)40-78-63(91)43-101-61-26-32-86-66(61)70(96)83-65(45(2)88)69(95)81-57(34-47-17-20-54(100-4)21-18-47)72(98)87-31-10-27-74(87,3)73(99)77-28-25-46-13-15-48(16-14-46)41-85(64(92)24-23-62(90)79-44)30-8-6-5-7-29-84-42-52(36-51(71(86)97)37-60(56)89)55-38-53(75)19-22-59(55)84/h9,11-22,33,38,42,44-45,51,56-58,61,65-66,88H,5-8,10,23-32,34-37,39-41,43,76H2,1-4H3,(H,77,99)(H,78,91)(H,79,90)(H,80,94)(H,81,95)(H,82,93)(H,83,96)/t44-,45+,51+,56-,57-,58+,61-,65-,66-,74-/m0/s1. The van der Waals surface area contributed by atoms with Gasteiger partial charge in [0.1, 0.15) is 53.9 Å². The fraction of sp³-hybridized carbons (Fsp3) is 0.500. The van der Waals surface area contributed by atoms with Crippen LogP contribution in [0.25, 0.3) is 10.9 Å². The number of methoxy groups -OCH3 is 1. The monoisotopic (exact) mass is 1390 g/mol. The summed E-state index contributed by atoms with van der Waals surface area (Å²) < 4.78 is 29.3. The lowest BCUT2D eigenvalue weighted by atomic mass is 9.88. The van der Waals surface area contributed by atoms with Gasteiger partial charge in [-0.05, 0) is 136 Å². The first-order valence-electron chi connectivity index (χ1n) is 35.0. The van der Waals surface area contributed by atoms with E-state index in [2.05, 4.69) is 37.2 Å². The first-order chi connectivity index (χ1) is 48.5. The van der Waals surface area contributed by atoms with Gasteiger partial charge in [0.15, 0.2) is 5.78 Å². The number of nitrogens with zero attached hydrogens (tertiary/aromatic N) is 4. The van der Waals surface area contributed by atoms with Crippen molar-refractivity contribution in [1.82, 2.24) is 56.5 Å². The SMILES string of the molecule is COc1ccc(C[C@@H]2NC(=O)[C@H]([C@@H](C)O)NC(=O)[C@@H]3[C@@H]4CCN3C(=O)[C@H]3CC(=O)[C@H](Cc5cccc(c5)CNC(=O)CO4)NC(=O)[C@@H](CN)NC(=O)[C@H](C)NC(=O)CCC(=O)N(CCCCCCn4cc(c5cc(F)ccc54)C3)Cc3ccc(cc3)CCNC(=O)[C@]3(C)CCCN3C2=O)cc1. The second-order valence-corrected chi connectivity index (χ2v) is 27.4. The number of aliphatic hydroxyl groups is 1. The van der Waals surface area contributed by atoms with E-state index in [1.807, 2.05) is 28.8 Å². The number of carbonyl (C=O) groups is 11. The molecule has 11 rings (SSSR count). The maximum atomic E-state index is 16.1. The number of rotatable bonds is 5. The molecule has 6 aliphatic rings. The third-order valence-corrected chi connectivity index (χ3v) is 20.0. The minimum Gasteiger partial charge on any atom is -0.497 e. The number of ketones is 1. The van der Waals surface area contributed by atoms with Crippen LogP contribution in [-0.4, -0.2) is 190 Å². The maximum absolute atomic E-state index is 16.1. The molecule has 10 atom stereocenters. The molecule has 5 aromatic rings. The van der Waals surface area contributed by atoms with Crippen LogP contribution < -0.4 is 47.7 Å². The van der Waals surface area contributed by atoms with E-state index in [9.17, 15) is 33.9 Å². The van der Waals surface area contributed by atoms with Crippen LogP contribution in [0.4, 0.5) is 4.39 Å². The van der Waals surface area contributed by atoms with E-state index in [1.165, 1.54) is 42.9 Å². The van der Waals surface area contributed by atoms with E-state index in [0.717, 1.165) is 11.1 Å². The highest BCUT2D eigenvalue weighted by Gasteiger charge is 2.50. The first-order valence-corrected chi connectivity index (χ1v) is 35.0. The zero-order valence-corrected chi connectivity index (χ0v) is 57.7. The molecule has 0 unspecified atom stereocenters. The van der Waals surface area contributed by atoms with Gasteiger partial charge in [0, 0.05) is 101 Å². The van der Waals surface area contributed by atoms with Crippen LogP contribution in [0.2, 0.25) is 0 Å². The Hall–Kier alpha value is -9.60. The molecule has 2 fully saturated rings. The van der Waals surface area contributed by atoms with Crippen molar-refractivity contribution in [1.29, 1.82) is 0 Å². The number of benzene rings is 4. The van der Waals surface area contributed by atoms with E-state index >= 15 is 28.4 Å². The zero-order valence-electron chi connectivity index (χ0n) is 57.7. The molecule has 0 radical (unpaired) electrons. The van der Waals surface area contributed by atoms with Crippen molar-refractivity contribution in [3.63, 3.8) is 0 Å². The van der Waals surface area contributed by atoms with Crippen molar-refractivity contribution >= 4 is 75.8 Å². The Labute approximate surface area is 586 Å². The lowest BCUT2D eigenvalue weighted by molar-refractivity contribution is -0.148. The zero-order chi connectivity index (χ0) is 72.1. The number of aliphatic hydroxyl groups excluding tert-OH is 1. The molecule has 0 spiro atoms. The molecule has 101 heavy (non-hydrogen) atoms. The average Bonchev–Trinajstić information content (AvgIpc) is 1.68. The van der Waals surface area contributed by atoms with Gasteiger partial charge < -0.3 is 76.8 Å². The van der Waals surface area contributed by atoms with Crippen LogP contribution in [-0.2, 0) is 103 Å². The number of hydrogen-bond donors (Lipinski definition) is 9. The number of nitrogens with two attached hydrogens (primary N) is 1. The Morgan fingerprint density at radius 2 is 1.43 bits per heavy atom. The molecule has 0 saturated carbocycles. The quantitative estimate of drug-likeness (QED) is 0.122. The molecular formula is C74H93FN12O14. The van der Waals surface area contributed by atoms with Crippen LogP contribution in [0.5, 0.6) is 5.75 Å². The summed E-state index contributed by atoms with van der Waals surface area (Å²) >= 11 is 0. The summed E-state index contributed by atoms with van der Waals surface area (Å²) in [5, 5.41) is 31.3. The van der Waals surface area contributed by atoms with Crippen LogP contribution in [0.15, 0.2) is 97.2 Å². The topological polar surface area (TPSA) is 351 Å².